The number of carbonyl (C=O) groups is 2. The molecule has 1 amide bonds. The van der Waals surface area contributed by atoms with Crippen LogP contribution in [0.15, 0.2) is 59.1 Å². The predicted molar refractivity (Wildman–Crippen MR) is 94.0 cm³/mol. The summed E-state index contributed by atoms with van der Waals surface area (Å²) in [6.45, 7) is 0.547. The number of nitrogens with one attached hydrogen (secondary N) is 1. The van der Waals surface area contributed by atoms with Crippen LogP contribution in [0.3, 0.4) is 0 Å². The minimum absolute atomic E-state index is 0.162. The number of halogens is 1. The number of esters is 1. The van der Waals surface area contributed by atoms with Gasteiger partial charge in [-0.3, -0.25) is 9.59 Å². The lowest BCUT2D eigenvalue weighted by Crippen LogP contribution is -2.30. The van der Waals surface area contributed by atoms with E-state index >= 15 is 0 Å². The highest BCUT2D eigenvalue weighted by Gasteiger charge is 2.09. The van der Waals surface area contributed by atoms with Gasteiger partial charge in [-0.05, 0) is 30.3 Å². The summed E-state index contributed by atoms with van der Waals surface area (Å²) in [7, 11) is 0. The first-order valence-corrected chi connectivity index (χ1v) is 8.31. The quantitative estimate of drug-likeness (QED) is 0.554. The molecule has 0 aliphatic rings. The number of benzene rings is 2. The summed E-state index contributed by atoms with van der Waals surface area (Å²) in [5.74, 6) is -0.0103. The average Bonchev–Trinajstić information content (AvgIpc) is 2.60. The van der Waals surface area contributed by atoms with Crippen LogP contribution in [0.4, 0.5) is 0 Å². The lowest BCUT2D eigenvalue weighted by Gasteiger charge is -2.08. The summed E-state index contributed by atoms with van der Waals surface area (Å²) in [4.78, 5) is 23.5. The van der Waals surface area contributed by atoms with Gasteiger partial charge in [-0.1, -0.05) is 40.2 Å². The van der Waals surface area contributed by atoms with Gasteiger partial charge in [0.1, 0.15) is 12.3 Å². The maximum absolute atomic E-state index is 11.9. The van der Waals surface area contributed by atoms with Crippen LogP contribution < -0.4 is 10.1 Å². The molecule has 126 valence electrons. The minimum Gasteiger partial charge on any atom is -0.493 e. The van der Waals surface area contributed by atoms with Crippen molar-refractivity contribution in [2.24, 2.45) is 0 Å². The molecule has 2 aromatic rings. The van der Waals surface area contributed by atoms with Crippen LogP contribution in [0.2, 0.25) is 0 Å². The Morgan fingerprint density at radius 1 is 1.00 bits per heavy atom. The minimum atomic E-state index is -0.474. The first kappa shape index (κ1) is 18.0. The molecule has 0 atom stereocenters. The van der Waals surface area contributed by atoms with Crippen molar-refractivity contribution >= 4 is 27.8 Å². The lowest BCUT2D eigenvalue weighted by molar-refractivity contribution is -0.142. The molecule has 0 radical (unpaired) electrons. The number of carbonyl (C=O) groups excluding carboxylic acids is 2. The molecule has 2 aromatic carbocycles. The molecular weight excluding hydrogens is 374 g/mol. The van der Waals surface area contributed by atoms with Crippen molar-refractivity contribution in [3.05, 3.63) is 64.6 Å². The van der Waals surface area contributed by atoms with Crippen molar-refractivity contribution in [2.75, 3.05) is 19.8 Å². The van der Waals surface area contributed by atoms with Gasteiger partial charge >= 0.3 is 5.97 Å². The van der Waals surface area contributed by atoms with Crippen LogP contribution in [-0.4, -0.2) is 31.6 Å². The van der Waals surface area contributed by atoms with Gasteiger partial charge < -0.3 is 14.8 Å². The zero-order valence-electron chi connectivity index (χ0n) is 13.0. The zero-order valence-corrected chi connectivity index (χ0v) is 14.6. The normalized spacial score (nSPS) is 10.0. The number of rotatable bonds is 8. The van der Waals surface area contributed by atoms with E-state index in [2.05, 4.69) is 21.2 Å². The third-order valence-electron chi connectivity index (χ3n) is 3.04. The molecule has 0 bridgehead atoms. The highest BCUT2D eigenvalue weighted by molar-refractivity contribution is 9.10. The highest BCUT2D eigenvalue weighted by Crippen LogP contribution is 2.11. The fourth-order valence-corrected chi connectivity index (χ4v) is 2.29. The largest absolute Gasteiger partial charge is 0.493 e. The highest BCUT2D eigenvalue weighted by atomic mass is 79.9. The lowest BCUT2D eigenvalue weighted by atomic mass is 10.2. The topological polar surface area (TPSA) is 64.6 Å². The fraction of sp³-hybridized carbons (Fsp3) is 0.222. The van der Waals surface area contributed by atoms with Gasteiger partial charge in [-0.15, -0.1) is 0 Å². The number of para-hydroxylation sites is 1. The standard InChI is InChI=1S/C18H18BrNO4/c19-15-7-4-6-14(12-15)18(22)20-13-17(21)24-11-5-10-23-16-8-2-1-3-9-16/h1-4,6-9,12H,5,10-11,13H2,(H,20,22). The molecule has 24 heavy (non-hydrogen) atoms. The van der Waals surface area contributed by atoms with Crippen molar-refractivity contribution < 1.29 is 19.1 Å². The summed E-state index contributed by atoms with van der Waals surface area (Å²) in [5.41, 5.74) is 0.480. The third-order valence-corrected chi connectivity index (χ3v) is 3.54. The van der Waals surface area contributed by atoms with Crippen molar-refractivity contribution in [2.45, 2.75) is 6.42 Å². The number of hydrogen-bond acceptors (Lipinski definition) is 4. The maximum atomic E-state index is 11.9. The van der Waals surface area contributed by atoms with Crippen LogP contribution in [0, 0.1) is 0 Å². The van der Waals surface area contributed by atoms with Crippen molar-refractivity contribution in [1.29, 1.82) is 0 Å². The Hall–Kier alpha value is -2.34. The Bertz CT molecular complexity index is 676. The summed E-state index contributed by atoms with van der Waals surface area (Å²) in [6.07, 6.45) is 0.584. The van der Waals surface area contributed by atoms with Gasteiger partial charge in [0.05, 0.1) is 13.2 Å². The van der Waals surface area contributed by atoms with Crippen LogP contribution >= 0.6 is 15.9 Å². The van der Waals surface area contributed by atoms with Crippen LogP contribution in [0.5, 0.6) is 5.75 Å². The molecular formula is C18H18BrNO4. The molecule has 0 spiro atoms. The Labute approximate surface area is 149 Å². The van der Waals surface area contributed by atoms with Crippen LogP contribution in [0.25, 0.3) is 0 Å². The molecule has 1 N–H and O–H groups in total. The summed E-state index contributed by atoms with van der Waals surface area (Å²) >= 11 is 3.29. The average molecular weight is 392 g/mol. The molecule has 0 saturated carbocycles. The number of hydrogen-bond donors (Lipinski definition) is 1. The monoisotopic (exact) mass is 391 g/mol. The van der Waals surface area contributed by atoms with E-state index in [1.165, 1.54) is 0 Å². The molecule has 0 aliphatic heterocycles. The molecule has 6 heteroatoms. The SMILES string of the molecule is O=C(CNC(=O)c1cccc(Br)c1)OCCCOc1ccccc1. The molecule has 0 aliphatic carbocycles. The van der Waals surface area contributed by atoms with E-state index in [-0.39, 0.29) is 19.1 Å². The maximum Gasteiger partial charge on any atom is 0.325 e. The Kier molecular flexibility index (Phi) is 7.29. The first-order chi connectivity index (χ1) is 11.6. The molecule has 0 unspecified atom stereocenters. The zero-order chi connectivity index (χ0) is 17.2. The van der Waals surface area contributed by atoms with E-state index in [1.807, 2.05) is 36.4 Å². The number of ether oxygens (including phenoxy) is 2. The third kappa shape index (κ3) is 6.42. The van der Waals surface area contributed by atoms with E-state index in [9.17, 15) is 9.59 Å². The van der Waals surface area contributed by atoms with Crippen molar-refractivity contribution in [3.63, 3.8) is 0 Å². The second-order valence-corrected chi connectivity index (χ2v) is 5.84. The van der Waals surface area contributed by atoms with Gasteiger partial charge in [0, 0.05) is 16.5 Å². The smallest absolute Gasteiger partial charge is 0.325 e. The van der Waals surface area contributed by atoms with Gasteiger partial charge in [0.25, 0.3) is 5.91 Å². The van der Waals surface area contributed by atoms with E-state index in [0.29, 0.717) is 18.6 Å². The molecule has 5 nitrogen and oxygen atoms in total. The summed E-state index contributed by atoms with van der Waals surface area (Å²) in [6, 6.07) is 16.4. The van der Waals surface area contributed by atoms with Crippen molar-refractivity contribution in [1.82, 2.24) is 5.32 Å². The first-order valence-electron chi connectivity index (χ1n) is 7.52. The molecule has 0 aromatic heterocycles. The van der Waals surface area contributed by atoms with E-state index < -0.39 is 5.97 Å². The molecule has 0 saturated heterocycles. The Morgan fingerprint density at radius 2 is 1.79 bits per heavy atom. The van der Waals surface area contributed by atoms with Gasteiger partial charge in [0.15, 0.2) is 0 Å². The molecule has 0 fully saturated rings. The molecule has 0 heterocycles. The second kappa shape index (κ2) is 9.72. The summed E-state index contributed by atoms with van der Waals surface area (Å²) in [5, 5.41) is 2.53. The molecule has 2 rings (SSSR count). The predicted octanol–water partition coefficient (Wildman–Crippen LogP) is 3.19. The number of amides is 1. The van der Waals surface area contributed by atoms with Gasteiger partial charge in [0.2, 0.25) is 0 Å². The van der Waals surface area contributed by atoms with Gasteiger partial charge in [-0.25, -0.2) is 0 Å². The van der Waals surface area contributed by atoms with E-state index in [4.69, 9.17) is 9.47 Å². The van der Waals surface area contributed by atoms with E-state index in [0.717, 1.165) is 10.2 Å². The van der Waals surface area contributed by atoms with Gasteiger partial charge in [-0.2, -0.15) is 0 Å². The fourth-order valence-electron chi connectivity index (χ4n) is 1.89. The summed E-state index contributed by atoms with van der Waals surface area (Å²) < 4.78 is 11.3. The Balaban J connectivity index is 1.59. The van der Waals surface area contributed by atoms with Crippen LogP contribution in [-0.2, 0) is 9.53 Å². The van der Waals surface area contributed by atoms with Crippen LogP contribution in [0.1, 0.15) is 16.8 Å². The van der Waals surface area contributed by atoms with Crippen molar-refractivity contribution in [3.8, 4) is 5.75 Å². The second-order valence-electron chi connectivity index (χ2n) is 4.93. The Morgan fingerprint density at radius 3 is 2.54 bits per heavy atom. The van der Waals surface area contributed by atoms with E-state index in [1.54, 1.807) is 18.2 Å².